The molecule has 0 saturated heterocycles. The molecular formula is C10H30O5Si4. The summed E-state index contributed by atoms with van der Waals surface area (Å²) < 4.78 is 28.5. The van der Waals surface area contributed by atoms with Crippen molar-refractivity contribution in [3.8, 4) is 0 Å². The van der Waals surface area contributed by atoms with Crippen LogP contribution in [0.25, 0.3) is 0 Å². The third-order valence-corrected chi connectivity index (χ3v) is 15.2. The Morgan fingerprint density at radius 2 is 1.32 bits per heavy atom. The molecule has 0 aliphatic heterocycles. The quantitative estimate of drug-likeness (QED) is 0.568. The van der Waals surface area contributed by atoms with Gasteiger partial charge in [-0.3, -0.25) is 0 Å². The van der Waals surface area contributed by atoms with Crippen LogP contribution in [-0.4, -0.2) is 56.8 Å². The summed E-state index contributed by atoms with van der Waals surface area (Å²) >= 11 is 0. The summed E-state index contributed by atoms with van der Waals surface area (Å²) in [5, 5.41) is 0. The lowest BCUT2D eigenvalue weighted by molar-refractivity contribution is 0.125. The minimum Gasteiger partial charge on any atom is -0.442 e. The summed E-state index contributed by atoms with van der Waals surface area (Å²) in [5.74, 6) is 0. The van der Waals surface area contributed by atoms with Gasteiger partial charge in [0.15, 0.2) is 17.4 Å². The van der Waals surface area contributed by atoms with E-state index in [4.69, 9.17) is 21.5 Å². The van der Waals surface area contributed by atoms with Crippen molar-refractivity contribution in [2.75, 3.05) is 21.3 Å². The first-order valence-electron chi connectivity index (χ1n) is 6.69. The fraction of sp³-hybridized carbons (Fsp3) is 1.00. The second-order valence-electron chi connectivity index (χ2n) is 5.43. The van der Waals surface area contributed by atoms with E-state index in [1.807, 2.05) is 0 Å². The van der Waals surface area contributed by atoms with Crippen LogP contribution in [0.15, 0.2) is 0 Å². The van der Waals surface area contributed by atoms with Crippen LogP contribution in [0.3, 0.4) is 0 Å². The summed E-state index contributed by atoms with van der Waals surface area (Å²) in [4.78, 5) is 0. The molecule has 1 unspecified atom stereocenters. The molecule has 0 radical (unpaired) electrons. The zero-order valence-electron chi connectivity index (χ0n) is 13.6. The predicted octanol–water partition coefficient (Wildman–Crippen LogP) is 1.94. The Kier molecular flexibility index (Phi) is 9.16. The maximum Gasteiger partial charge on any atom is 0.499 e. The van der Waals surface area contributed by atoms with Crippen molar-refractivity contribution in [1.82, 2.24) is 0 Å². The van der Waals surface area contributed by atoms with Gasteiger partial charge in [0, 0.05) is 27.4 Å². The van der Waals surface area contributed by atoms with Crippen LogP contribution in [0.2, 0.25) is 44.8 Å². The Morgan fingerprint density at radius 1 is 0.842 bits per heavy atom. The molecule has 0 aliphatic rings. The van der Waals surface area contributed by atoms with E-state index in [9.17, 15) is 0 Å². The monoisotopic (exact) mass is 342 g/mol. The van der Waals surface area contributed by atoms with E-state index in [-0.39, 0.29) is 0 Å². The number of rotatable bonds is 10. The van der Waals surface area contributed by atoms with E-state index >= 15 is 0 Å². The molecule has 0 heterocycles. The normalized spacial score (nSPS) is 15.0. The molecule has 0 aromatic rings. The van der Waals surface area contributed by atoms with Gasteiger partial charge in [0.05, 0.1) is 0 Å². The highest BCUT2D eigenvalue weighted by atomic mass is 28.4. The van der Waals surface area contributed by atoms with Crippen molar-refractivity contribution in [3.05, 3.63) is 0 Å². The molecule has 0 amide bonds. The molecule has 19 heavy (non-hydrogen) atoms. The Balaban J connectivity index is 4.36. The second kappa shape index (κ2) is 8.84. The van der Waals surface area contributed by atoms with Crippen molar-refractivity contribution >= 4 is 35.4 Å². The minimum absolute atomic E-state index is 0.802. The molecule has 5 nitrogen and oxygen atoms in total. The molecule has 0 rings (SSSR count). The first-order valence-corrected chi connectivity index (χ1v) is 16.6. The molecule has 0 aromatic carbocycles. The topological polar surface area (TPSA) is 46.2 Å². The summed E-state index contributed by atoms with van der Waals surface area (Å²) in [6.45, 7) is 10.9. The lowest BCUT2D eigenvalue weighted by Gasteiger charge is -2.31. The van der Waals surface area contributed by atoms with Gasteiger partial charge < -0.3 is 21.5 Å². The molecule has 1 atom stereocenters. The Morgan fingerprint density at radius 3 is 1.68 bits per heavy atom. The molecule has 0 saturated carbocycles. The summed E-state index contributed by atoms with van der Waals surface area (Å²) in [5.41, 5.74) is 0. The van der Waals surface area contributed by atoms with Gasteiger partial charge in [0.2, 0.25) is 0 Å². The van der Waals surface area contributed by atoms with Gasteiger partial charge in [0.25, 0.3) is 9.28 Å². The molecule has 0 fully saturated rings. The average Bonchev–Trinajstić information content (AvgIpc) is 2.29. The van der Waals surface area contributed by atoms with Crippen molar-refractivity contribution in [1.29, 1.82) is 0 Å². The van der Waals surface area contributed by atoms with E-state index in [0.717, 1.165) is 12.1 Å². The van der Waals surface area contributed by atoms with E-state index in [1.165, 1.54) is 0 Å². The highest BCUT2D eigenvalue weighted by Gasteiger charge is 2.40. The van der Waals surface area contributed by atoms with E-state index < -0.39 is 35.4 Å². The van der Waals surface area contributed by atoms with Crippen LogP contribution < -0.4 is 0 Å². The first-order chi connectivity index (χ1) is 8.70. The van der Waals surface area contributed by atoms with Crippen molar-refractivity contribution < 1.29 is 21.5 Å². The molecule has 0 N–H and O–H groups in total. The van der Waals surface area contributed by atoms with Gasteiger partial charge in [0.1, 0.15) is 0 Å². The number of hydrogen-bond acceptors (Lipinski definition) is 5. The van der Waals surface area contributed by atoms with E-state index in [0.29, 0.717) is 0 Å². The largest absolute Gasteiger partial charge is 0.499 e. The maximum atomic E-state index is 6.22. The van der Waals surface area contributed by atoms with Crippen molar-refractivity contribution in [2.24, 2.45) is 0 Å². The standard InChI is InChI=1S/C10H30O5Si4/c1-11-19(12-2,13-3)10-9-18(7,8)15-17(6)14-16(4)5/h16-17H,9-10H2,1-8H3. The van der Waals surface area contributed by atoms with Crippen LogP contribution in [0.4, 0.5) is 0 Å². The highest BCUT2D eigenvalue weighted by Crippen LogP contribution is 2.23. The minimum atomic E-state index is -2.47. The Bertz CT molecular complexity index is 240. The van der Waals surface area contributed by atoms with Crippen LogP contribution in [0.1, 0.15) is 0 Å². The van der Waals surface area contributed by atoms with Crippen molar-refractivity contribution in [3.63, 3.8) is 0 Å². The lowest BCUT2D eigenvalue weighted by atomic mass is 10.9. The van der Waals surface area contributed by atoms with Gasteiger partial charge in [-0.05, 0) is 38.8 Å². The van der Waals surface area contributed by atoms with E-state index in [1.54, 1.807) is 21.3 Å². The smallest absolute Gasteiger partial charge is 0.442 e. The van der Waals surface area contributed by atoms with Crippen LogP contribution >= 0.6 is 0 Å². The van der Waals surface area contributed by atoms with Gasteiger partial charge in [-0.1, -0.05) is 0 Å². The third kappa shape index (κ3) is 7.87. The summed E-state index contributed by atoms with van der Waals surface area (Å²) in [6, 6.07) is 1.77. The zero-order valence-corrected chi connectivity index (χ0v) is 17.9. The van der Waals surface area contributed by atoms with Gasteiger partial charge in [-0.2, -0.15) is 0 Å². The summed E-state index contributed by atoms with van der Waals surface area (Å²) in [7, 11) is -1.73. The van der Waals surface area contributed by atoms with Gasteiger partial charge in [-0.25, -0.2) is 0 Å². The predicted molar refractivity (Wildman–Crippen MR) is 87.9 cm³/mol. The van der Waals surface area contributed by atoms with Gasteiger partial charge >= 0.3 is 8.80 Å². The molecule has 9 heteroatoms. The molecule has 0 aliphatic carbocycles. The third-order valence-electron chi connectivity index (χ3n) is 2.92. The molecule has 0 aromatic heterocycles. The Labute approximate surface area is 123 Å². The van der Waals surface area contributed by atoms with Crippen LogP contribution in [0, 0.1) is 0 Å². The SMILES string of the molecule is CO[Si](CC[Si](C)(C)O[SiH](C)O[SiH](C)C)(OC)OC. The fourth-order valence-electron chi connectivity index (χ4n) is 1.93. The Hall–Kier alpha value is 0.668. The van der Waals surface area contributed by atoms with Crippen LogP contribution in [-0.2, 0) is 21.5 Å². The van der Waals surface area contributed by atoms with Crippen LogP contribution in [0.5, 0.6) is 0 Å². The summed E-state index contributed by atoms with van der Waals surface area (Å²) in [6.07, 6.45) is 0. The van der Waals surface area contributed by atoms with E-state index in [2.05, 4.69) is 32.7 Å². The van der Waals surface area contributed by atoms with Gasteiger partial charge in [-0.15, -0.1) is 0 Å². The van der Waals surface area contributed by atoms with Crippen molar-refractivity contribution in [2.45, 2.75) is 44.8 Å². The second-order valence-corrected chi connectivity index (χ2v) is 17.8. The average molecular weight is 343 g/mol. The zero-order chi connectivity index (χ0) is 15.1. The number of hydrogen-bond donors (Lipinski definition) is 0. The fourth-order valence-corrected chi connectivity index (χ4v) is 14.5. The molecule has 0 spiro atoms. The highest BCUT2D eigenvalue weighted by molar-refractivity contribution is 6.79. The molecule has 0 bridgehead atoms. The molecule has 116 valence electrons. The maximum absolute atomic E-state index is 6.22. The lowest BCUT2D eigenvalue weighted by Crippen LogP contribution is -2.46. The first kappa shape index (κ1) is 19.7. The molecular weight excluding hydrogens is 312 g/mol.